The number of rotatable bonds is 8. The molecule has 0 amide bonds. The van der Waals surface area contributed by atoms with Crippen LogP contribution in [-0.2, 0) is 26.0 Å². The van der Waals surface area contributed by atoms with Gasteiger partial charge in [0.15, 0.2) is 23.9 Å². The zero-order valence-electron chi connectivity index (χ0n) is 23.3. The van der Waals surface area contributed by atoms with Gasteiger partial charge in [-0.2, -0.15) is 9.04 Å². The van der Waals surface area contributed by atoms with Gasteiger partial charge in [-0.05, 0) is 49.9 Å². The van der Waals surface area contributed by atoms with E-state index in [1.165, 1.54) is 35.9 Å². The summed E-state index contributed by atoms with van der Waals surface area (Å²) in [4.78, 5) is 14.0. The van der Waals surface area contributed by atoms with Gasteiger partial charge >= 0.3 is 5.97 Å². The molecule has 1 aromatic heterocycles. The molecule has 0 radical (unpaired) electrons. The molecule has 1 saturated carbocycles. The van der Waals surface area contributed by atoms with Crippen LogP contribution in [0.1, 0.15) is 55.8 Å². The predicted octanol–water partition coefficient (Wildman–Crippen LogP) is 5.36. The number of nitrogens with zero attached hydrogens (tertiary/aromatic N) is 2. The van der Waals surface area contributed by atoms with Crippen LogP contribution in [0.2, 0.25) is 10.0 Å². The van der Waals surface area contributed by atoms with E-state index in [-0.39, 0.29) is 27.9 Å². The van der Waals surface area contributed by atoms with Gasteiger partial charge in [-0.1, -0.05) is 41.4 Å². The fraction of sp³-hybridized carbons (Fsp3) is 0.400. The Bertz CT molecular complexity index is 1620. The van der Waals surface area contributed by atoms with Gasteiger partial charge in [0.05, 0.1) is 12.0 Å². The molecule has 1 aliphatic carbocycles. The van der Waals surface area contributed by atoms with Crippen LogP contribution in [0.15, 0.2) is 59.8 Å². The third kappa shape index (κ3) is 5.59. The summed E-state index contributed by atoms with van der Waals surface area (Å²) >= 11 is 12.9. The molecule has 0 N–H and O–H groups in total. The number of aromatic nitrogens is 1. The van der Waals surface area contributed by atoms with Gasteiger partial charge < -0.3 is 24.2 Å². The van der Waals surface area contributed by atoms with Crippen molar-refractivity contribution in [2.24, 2.45) is 0 Å². The summed E-state index contributed by atoms with van der Waals surface area (Å²) in [5.74, 6) is -0.321. The molecule has 1 unspecified atom stereocenters. The summed E-state index contributed by atoms with van der Waals surface area (Å²) in [6.07, 6.45) is 5.31. The van der Waals surface area contributed by atoms with Gasteiger partial charge in [-0.3, -0.25) is 4.79 Å². The van der Waals surface area contributed by atoms with Gasteiger partial charge in [-0.15, -0.1) is 0 Å². The van der Waals surface area contributed by atoms with Gasteiger partial charge in [0.1, 0.15) is 22.2 Å². The molecule has 0 bridgehead atoms. The number of carbonyl (C=O) groups is 1. The third-order valence-corrected chi connectivity index (χ3v) is 10.7. The lowest BCUT2D eigenvalue weighted by atomic mass is 10.00. The Morgan fingerprint density at radius 1 is 1.07 bits per heavy atom. The van der Waals surface area contributed by atoms with Crippen molar-refractivity contribution in [3.8, 4) is 17.2 Å². The summed E-state index contributed by atoms with van der Waals surface area (Å²) in [6, 6.07) is 10.4. The van der Waals surface area contributed by atoms with Crippen molar-refractivity contribution < 1.29 is 36.9 Å². The highest BCUT2D eigenvalue weighted by Gasteiger charge is 2.48. The average molecular weight is 650 g/mol. The summed E-state index contributed by atoms with van der Waals surface area (Å²) in [5.41, 5.74) is 0.863. The summed E-state index contributed by atoms with van der Waals surface area (Å²) < 4.78 is 53.1. The number of halogens is 2. The van der Waals surface area contributed by atoms with Gasteiger partial charge in [0, 0.05) is 36.9 Å². The number of hydrogen-bond donors (Lipinski definition) is 0. The van der Waals surface area contributed by atoms with E-state index in [0.29, 0.717) is 58.8 Å². The maximum Gasteiger partial charge on any atom is 0.325 e. The number of pyridine rings is 1. The van der Waals surface area contributed by atoms with Gasteiger partial charge in [0.25, 0.3) is 5.79 Å². The molecule has 1 spiro atoms. The van der Waals surface area contributed by atoms with Crippen LogP contribution in [-0.4, -0.2) is 44.2 Å². The minimum absolute atomic E-state index is 0.0163. The number of esters is 1. The molecule has 1 saturated heterocycles. The van der Waals surface area contributed by atoms with E-state index in [9.17, 15) is 18.4 Å². The van der Waals surface area contributed by atoms with E-state index in [2.05, 4.69) is 0 Å². The summed E-state index contributed by atoms with van der Waals surface area (Å²) in [6.45, 7) is 0.179. The van der Waals surface area contributed by atoms with Crippen molar-refractivity contribution in [1.29, 1.82) is 0 Å². The highest BCUT2D eigenvalue weighted by Crippen LogP contribution is 2.54. The quantitative estimate of drug-likeness (QED) is 0.182. The van der Waals surface area contributed by atoms with E-state index >= 15 is 0 Å². The van der Waals surface area contributed by atoms with E-state index in [0.717, 1.165) is 12.8 Å². The highest BCUT2D eigenvalue weighted by atomic mass is 35.5. The number of fused-ring (bicyclic) bond motifs is 1. The Balaban J connectivity index is 1.38. The molecule has 2 atom stereocenters. The SMILES string of the molecule is COc1ccc(C(Cc2c(Cl)c[n+]([O-])cc2Cl)OC(=O)[C@@H]2CCCN2S(=O)(=O)c2ccccc2)c2c1OC1(CCCC1)O2. The van der Waals surface area contributed by atoms with E-state index < -0.39 is 33.9 Å². The highest BCUT2D eigenvalue weighted by molar-refractivity contribution is 7.89. The van der Waals surface area contributed by atoms with E-state index in [4.69, 9.17) is 42.1 Å². The Kier molecular flexibility index (Phi) is 8.10. The monoisotopic (exact) mass is 648 g/mol. The Morgan fingerprint density at radius 2 is 1.74 bits per heavy atom. The second kappa shape index (κ2) is 11.7. The lowest BCUT2D eigenvalue weighted by Crippen LogP contribution is -2.41. The molecule has 2 aliphatic heterocycles. The molecule has 228 valence electrons. The summed E-state index contributed by atoms with van der Waals surface area (Å²) in [7, 11) is -2.43. The van der Waals surface area contributed by atoms with E-state index in [1.807, 2.05) is 0 Å². The fourth-order valence-electron chi connectivity index (χ4n) is 6.02. The Labute approximate surface area is 259 Å². The zero-order valence-corrected chi connectivity index (χ0v) is 25.7. The van der Waals surface area contributed by atoms with Crippen LogP contribution in [0.4, 0.5) is 0 Å². The topological polar surface area (TPSA) is 118 Å². The molecule has 2 fully saturated rings. The molecule has 2 aromatic carbocycles. The zero-order chi connectivity index (χ0) is 30.4. The normalized spacial score (nSPS) is 19.9. The number of carbonyl (C=O) groups excluding carboxylic acids is 1. The molecule has 3 heterocycles. The minimum Gasteiger partial charge on any atom is -0.619 e. The van der Waals surface area contributed by atoms with Gasteiger partial charge in [-0.25, -0.2) is 8.42 Å². The van der Waals surface area contributed by atoms with Crippen LogP contribution in [0.25, 0.3) is 0 Å². The fourth-order valence-corrected chi connectivity index (χ4v) is 8.29. The first-order valence-corrected chi connectivity index (χ1v) is 16.2. The van der Waals surface area contributed by atoms with Crippen molar-refractivity contribution in [3.63, 3.8) is 0 Å². The van der Waals surface area contributed by atoms with Crippen LogP contribution in [0.5, 0.6) is 17.2 Å². The first kappa shape index (κ1) is 29.8. The number of hydrogen-bond acceptors (Lipinski definition) is 8. The van der Waals surface area contributed by atoms with Crippen molar-refractivity contribution in [1.82, 2.24) is 4.31 Å². The minimum atomic E-state index is -3.95. The summed E-state index contributed by atoms with van der Waals surface area (Å²) in [5, 5.41) is 12.1. The van der Waals surface area contributed by atoms with Crippen molar-refractivity contribution in [3.05, 3.63) is 81.2 Å². The second-order valence-electron chi connectivity index (χ2n) is 10.8. The maximum atomic E-state index is 13.9. The van der Waals surface area contributed by atoms with Crippen LogP contribution >= 0.6 is 23.2 Å². The third-order valence-electron chi connectivity index (χ3n) is 8.15. The first-order valence-electron chi connectivity index (χ1n) is 14.0. The lowest BCUT2D eigenvalue weighted by Gasteiger charge is -2.27. The molecular formula is C30H30Cl2N2O8S. The number of methoxy groups -OCH3 is 1. The average Bonchev–Trinajstić information content (AvgIpc) is 3.74. The van der Waals surface area contributed by atoms with Crippen molar-refractivity contribution >= 4 is 39.2 Å². The smallest absolute Gasteiger partial charge is 0.325 e. The molecular weight excluding hydrogens is 619 g/mol. The van der Waals surface area contributed by atoms with Crippen LogP contribution in [0.3, 0.4) is 0 Å². The molecule has 10 nitrogen and oxygen atoms in total. The lowest BCUT2D eigenvalue weighted by molar-refractivity contribution is -0.605. The van der Waals surface area contributed by atoms with Crippen molar-refractivity contribution in [2.45, 2.75) is 67.8 Å². The maximum absolute atomic E-state index is 13.9. The first-order chi connectivity index (χ1) is 20.6. The number of benzene rings is 2. The second-order valence-corrected chi connectivity index (χ2v) is 13.6. The number of ether oxygens (including phenoxy) is 4. The van der Waals surface area contributed by atoms with Crippen LogP contribution < -0.4 is 18.9 Å². The van der Waals surface area contributed by atoms with E-state index in [1.54, 1.807) is 30.3 Å². The Hall–Kier alpha value is -3.25. The molecule has 3 aromatic rings. The predicted molar refractivity (Wildman–Crippen MR) is 157 cm³/mol. The molecule has 43 heavy (non-hydrogen) atoms. The molecule has 6 rings (SSSR count). The molecule has 3 aliphatic rings. The standard InChI is InChI=1S/C30H30Cl2N2O8S/c1-39-25-12-11-20(27-28(25)42-30(41-27)13-5-6-14-30)26(16-21-22(31)17-33(36)18-23(21)32)40-29(35)24-10-7-15-34(24)43(37,38)19-8-3-2-4-9-19/h2-4,8-9,11-12,17-18,24,26H,5-7,10,13-16H2,1H3/t24-,26?/m0/s1. The van der Waals surface area contributed by atoms with Crippen LogP contribution in [0, 0.1) is 5.21 Å². The Morgan fingerprint density at radius 3 is 2.42 bits per heavy atom. The number of sulfonamides is 1. The largest absolute Gasteiger partial charge is 0.619 e. The van der Waals surface area contributed by atoms with Crippen molar-refractivity contribution in [2.75, 3.05) is 13.7 Å². The molecule has 13 heteroatoms. The van der Waals surface area contributed by atoms with Gasteiger partial charge in [0.2, 0.25) is 15.8 Å².